The van der Waals surface area contributed by atoms with Gasteiger partial charge in [-0.15, -0.1) is 0 Å². The molecule has 0 bridgehead atoms. The molecule has 1 aliphatic rings. The minimum Gasteiger partial charge on any atom is -0.497 e. The molecule has 130 valence electrons. The summed E-state index contributed by atoms with van der Waals surface area (Å²) in [6.45, 7) is 0. The van der Waals surface area contributed by atoms with E-state index < -0.39 is 5.41 Å². The van der Waals surface area contributed by atoms with Crippen LogP contribution in [0.1, 0.15) is 16.7 Å². The Bertz CT molecular complexity index is 891. The molecular formula is C23H21NO2. The van der Waals surface area contributed by atoms with Crippen LogP contribution in [0.3, 0.4) is 0 Å². The number of benzene rings is 3. The summed E-state index contributed by atoms with van der Waals surface area (Å²) in [5, 5.41) is 3.11. The van der Waals surface area contributed by atoms with Crippen molar-refractivity contribution in [3.8, 4) is 5.75 Å². The number of carbonyl (C=O) groups is 1. The molecule has 0 aliphatic heterocycles. The maximum atomic E-state index is 13.4. The lowest BCUT2D eigenvalue weighted by Gasteiger charge is -2.28. The highest BCUT2D eigenvalue weighted by molar-refractivity contribution is 6.00. The van der Waals surface area contributed by atoms with Gasteiger partial charge in [0.05, 0.1) is 12.5 Å². The van der Waals surface area contributed by atoms with Crippen LogP contribution in [0.4, 0.5) is 5.69 Å². The zero-order valence-electron chi connectivity index (χ0n) is 14.7. The van der Waals surface area contributed by atoms with Gasteiger partial charge in [0.25, 0.3) is 0 Å². The number of nitrogens with one attached hydrogen (secondary N) is 1. The predicted molar refractivity (Wildman–Crippen MR) is 104 cm³/mol. The van der Waals surface area contributed by atoms with Crippen LogP contribution in [-0.2, 0) is 23.1 Å². The molecule has 0 fully saturated rings. The minimum absolute atomic E-state index is 0.0325. The maximum absolute atomic E-state index is 13.4. The average Bonchev–Trinajstić information content (AvgIpc) is 3.10. The highest BCUT2D eigenvalue weighted by atomic mass is 16.5. The first-order valence-corrected chi connectivity index (χ1v) is 8.79. The van der Waals surface area contributed by atoms with Crippen molar-refractivity contribution in [2.45, 2.75) is 18.3 Å². The molecule has 26 heavy (non-hydrogen) atoms. The quantitative estimate of drug-likeness (QED) is 0.764. The van der Waals surface area contributed by atoms with Crippen LogP contribution in [0.2, 0.25) is 0 Å². The lowest BCUT2D eigenvalue weighted by atomic mass is 9.76. The Morgan fingerprint density at radius 3 is 2.00 bits per heavy atom. The molecule has 0 unspecified atom stereocenters. The van der Waals surface area contributed by atoms with Gasteiger partial charge < -0.3 is 10.1 Å². The molecule has 1 N–H and O–H groups in total. The maximum Gasteiger partial charge on any atom is 0.235 e. The normalized spacial score (nSPS) is 14.5. The van der Waals surface area contributed by atoms with Gasteiger partial charge in [0, 0.05) is 5.69 Å². The zero-order chi connectivity index (χ0) is 18.0. The van der Waals surface area contributed by atoms with Crippen LogP contribution >= 0.6 is 0 Å². The first-order valence-electron chi connectivity index (χ1n) is 8.79. The van der Waals surface area contributed by atoms with Gasteiger partial charge in [-0.05, 0) is 53.8 Å². The molecule has 1 aliphatic carbocycles. The van der Waals surface area contributed by atoms with Gasteiger partial charge in [-0.2, -0.15) is 0 Å². The molecule has 0 heterocycles. The van der Waals surface area contributed by atoms with Crippen molar-refractivity contribution in [1.82, 2.24) is 0 Å². The second-order valence-electron chi connectivity index (χ2n) is 6.75. The predicted octanol–water partition coefficient (Wildman–Crippen LogP) is 4.37. The number of hydrogen-bond donors (Lipinski definition) is 1. The van der Waals surface area contributed by atoms with Gasteiger partial charge >= 0.3 is 0 Å². The molecular weight excluding hydrogens is 322 g/mol. The van der Waals surface area contributed by atoms with Gasteiger partial charge in [-0.25, -0.2) is 0 Å². The number of fused-ring (bicyclic) bond motifs is 1. The van der Waals surface area contributed by atoms with Gasteiger partial charge in [-0.3, -0.25) is 4.79 Å². The number of hydrogen-bond acceptors (Lipinski definition) is 2. The van der Waals surface area contributed by atoms with Crippen LogP contribution in [-0.4, -0.2) is 13.0 Å². The topological polar surface area (TPSA) is 38.3 Å². The second kappa shape index (κ2) is 6.68. The van der Waals surface area contributed by atoms with Crippen molar-refractivity contribution in [1.29, 1.82) is 0 Å². The molecule has 0 atom stereocenters. The van der Waals surface area contributed by atoms with E-state index in [2.05, 4.69) is 29.6 Å². The number of carbonyl (C=O) groups excluding carboxylic acids is 1. The third-order valence-electron chi connectivity index (χ3n) is 5.21. The summed E-state index contributed by atoms with van der Waals surface area (Å²) in [7, 11) is 1.63. The van der Waals surface area contributed by atoms with E-state index in [4.69, 9.17) is 4.74 Å². The van der Waals surface area contributed by atoms with E-state index in [0.717, 1.165) is 29.8 Å². The molecule has 0 aromatic heterocycles. The van der Waals surface area contributed by atoms with Gasteiger partial charge in [0.1, 0.15) is 5.75 Å². The second-order valence-corrected chi connectivity index (χ2v) is 6.75. The Morgan fingerprint density at radius 1 is 0.846 bits per heavy atom. The molecule has 0 saturated heterocycles. The summed E-state index contributed by atoms with van der Waals surface area (Å²) in [4.78, 5) is 13.4. The van der Waals surface area contributed by atoms with E-state index in [0.29, 0.717) is 0 Å². The molecule has 3 aromatic rings. The molecule has 3 heteroatoms. The molecule has 3 aromatic carbocycles. The fraction of sp³-hybridized carbons (Fsp3) is 0.174. The Morgan fingerprint density at radius 2 is 1.42 bits per heavy atom. The number of amides is 1. The number of methoxy groups -OCH3 is 1. The van der Waals surface area contributed by atoms with Crippen molar-refractivity contribution in [2.75, 3.05) is 12.4 Å². The number of rotatable bonds is 4. The average molecular weight is 343 g/mol. The molecule has 3 nitrogen and oxygen atoms in total. The van der Waals surface area contributed by atoms with Gasteiger partial charge in [0.15, 0.2) is 0 Å². The van der Waals surface area contributed by atoms with E-state index in [9.17, 15) is 4.79 Å². The molecule has 0 spiro atoms. The molecule has 0 radical (unpaired) electrons. The Balaban J connectivity index is 1.69. The number of anilines is 1. The summed E-state index contributed by atoms with van der Waals surface area (Å²) in [5.41, 5.74) is 3.76. The largest absolute Gasteiger partial charge is 0.497 e. The lowest BCUT2D eigenvalue weighted by Crippen LogP contribution is -2.41. The molecule has 4 rings (SSSR count). The van der Waals surface area contributed by atoms with Crippen LogP contribution in [0.25, 0.3) is 0 Å². The fourth-order valence-corrected chi connectivity index (χ4v) is 3.79. The summed E-state index contributed by atoms with van der Waals surface area (Å²) in [6.07, 6.45) is 1.43. The highest BCUT2D eigenvalue weighted by Crippen LogP contribution is 2.40. The summed E-state index contributed by atoms with van der Waals surface area (Å²) in [6, 6.07) is 25.9. The smallest absolute Gasteiger partial charge is 0.235 e. The molecule has 1 amide bonds. The third-order valence-corrected chi connectivity index (χ3v) is 5.21. The molecule has 0 saturated carbocycles. The minimum atomic E-state index is -0.578. The lowest BCUT2D eigenvalue weighted by molar-refractivity contribution is -0.121. The highest BCUT2D eigenvalue weighted by Gasteiger charge is 2.45. The van der Waals surface area contributed by atoms with E-state index in [1.807, 2.05) is 54.6 Å². The van der Waals surface area contributed by atoms with Crippen LogP contribution in [0.5, 0.6) is 5.75 Å². The summed E-state index contributed by atoms with van der Waals surface area (Å²) >= 11 is 0. The van der Waals surface area contributed by atoms with Crippen molar-refractivity contribution < 1.29 is 9.53 Å². The van der Waals surface area contributed by atoms with E-state index in [1.54, 1.807) is 7.11 Å². The summed E-state index contributed by atoms with van der Waals surface area (Å²) in [5.74, 6) is 0.805. The van der Waals surface area contributed by atoms with E-state index in [-0.39, 0.29) is 5.91 Å². The van der Waals surface area contributed by atoms with E-state index in [1.165, 1.54) is 11.1 Å². The fourth-order valence-electron chi connectivity index (χ4n) is 3.79. The van der Waals surface area contributed by atoms with Gasteiger partial charge in [-0.1, -0.05) is 54.6 Å². The van der Waals surface area contributed by atoms with Gasteiger partial charge in [0.2, 0.25) is 5.91 Å². The van der Waals surface area contributed by atoms with Crippen LogP contribution in [0.15, 0.2) is 78.9 Å². The third kappa shape index (κ3) is 2.86. The van der Waals surface area contributed by atoms with Crippen molar-refractivity contribution in [3.05, 3.63) is 95.6 Å². The first kappa shape index (κ1) is 16.4. The van der Waals surface area contributed by atoms with Crippen LogP contribution in [0, 0.1) is 0 Å². The number of ether oxygens (including phenoxy) is 1. The Kier molecular flexibility index (Phi) is 4.21. The van der Waals surface area contributed by atoms with Crippen molar-refractivity contribution >= 4 is 11.6 Å². The Labute approximate surface area is 153 Å². The van der Waals surface area contributed by atoms with Crippen LogP contribution < -0.4 is 10.1 Å². The van der Waals surface area contributed by atoms with E-state index >= 15 is 0 Å². The monoisotopic (exact) mass is 343 g/mol. The van der Waals surface area contributed by atoms with Crippen molar-refractivity contribution in [2.24, 2.45) is 0 Å². The standard InChI is InChI=1S/C23H21NO2/c1-26-21-13-11-20(12-14-21)24-22(25)23(19-9-3-2-4-10-19)15-17-7-5-6-8-18(17)16-23/h2-14H,15-16H2,1H3,(H,24,25). The van der Waals surface area contributed by atoms with Crippen molar-refractivity contribution in [3.63, 3.8) is 0 Å². The summed E-state index contributed by atoms with van der Waals surface area (Å²) < 4.78 is 5.19. The SMILES string of the molecule is COc1ccc(NC(=O)C2(c3ccccc3)Cc3ccccc3C2)cc1. The Hall–Kier alpha value is -3.07. The first-order chi connectivity index (χ1) is 12.7. The zero-order valence-corrected chi connectivity index (χ0v) is 14.7.